The molecule has 1 aliphatic heterocycles. The van der Waals surface area contributed by atoms with Gasteiger partial charge in [-0.1, -0.05) is 17.6 Å². The number of hydrogen-bond donors (Lipinski definition) is 4. The minimum atomic E-state index is -0.356. The number of nitrogens with zero attached hydrogens (tertiary/aromatic N) is 4. The normalized spacial score (nSPS) is 13.8. The molecular formula is C22H21BN8O2. The van der Waals surface area contributed by atoms with Crippen LogP contribution in [0.2, 0.25) is 0 Å². The second-order valence-corrected chi connectivity index (χ2v) is 7.58. The highest BCUT2D eigenvalue weighted by atomic mass is 16.5. The van der Waals surface area contributed by atoms with Crippen LogP contribution in [0.5, 0.6) is 0 Å². The quantitative estimate of drug-likeness (QED) is 0.356. The van der Waals surface area contributed by atoms with E-state index in [4.69, 9.17) is 23.3 Å². The zero-order valence-corrected chi connectivity index (χ0v) is 17.7. The third-order valence-electron chi connectivity index (χ3n) is 5.30. The van der Waals surface area contributed by atoms with E-state index in [2.05, 4.69) is 30.7 Å². The van der Waals surface area contributed by atoms with E-state index in [9.17, 15) is 4.79 Å². The fourth-order valence-corrected chi connectivity index (χ4v) is 3.60. The van der Waals surface area contributed by atoms with Crippen molar-refractivity contribution in [2.75, 3.05) is 47.6 Å². The van der Waals surface area contributed by atoms with Crippen molar-refractivity contribution in [2.45, 2.75) is 0 Å². The number of aromatic nitrogens is 4. The third kappa shape index (κ3) is 4.44. The number of fused-ring (bicyclic) bond motifs is 1. The van der Waals surface area contributed by atoms with Crippen LogP contribution in [0.4, 0.5) is 27.8 Å². The standard InChI is InChI=1S/C22H21BN8O2/c23-14-3-7-16(8-4-14)26-22(32)25-15-5-1-13(2-6-15)20-27-17-18(29-30-19(17)24)21(28-20)31-9-11-33-12-10-31/h1-8H,9-12H2,(H3,24,29,30)(H2,25,26,32). The van der Waals surface area contributed by atoms with E-state index in [0.29, 0.717) is 52.7 Å². The molecule has 4 aromatic rings. The predicted molar refractivity (Wildman–Crippen MR) is 129 cm³/mol. The molecule has 33 heavy (non-hydrogen) atoms. The van der Waals surface area contributed by atoms with Gasteiger partial charge in [0, 0.05) is 30.0 Å². The molecule has 5 rings (SSSR count). The van der Waals surface area contributed by atoms with Gasteiger partial charge < -0.3 is 26.0 Å². The lowest BCUT2D eigenvalue weighted by atomic mass is 9.96. The Morgan fingerprint density at radius 1 is 1.00 bits per heavy atom. The smallest absolute Gasteiger partial charge is 0.323 e. The van der Waals surface area contributed by atoms with Gasteiger partial charge in [0.25, 0.3) is 0 Å². The van der Waals surface area contributed by atoms with Crippen LogP contribution >= 0.6 is 0 Å². The molecule has 0 spiro atoms. The highest BCUT2D eigenvalue weighted by Crippen LogP contribution is 2.29. The summed E-state index contributed by atoms with van der Waals surface area (Å²) in [5.74, 6) is 1.59. The van der Waals surface area contributed by atoms with Crippen LogP contribution in [0.1, 0.15) is 0 Å². The number of urea groups is 1. The number of morpholine rings is 1. The molecule has 0 aliphatic carbocycles. The molecule has 5 N–H and O–H groups in total. The summed E-state index contributed by atoms with van der Waals surface area (Å²) in [4.78, 5) is 23.8. The Bertz CT molecular complexity index is 1280. The zero-order valence-electron chi connectivity index (χ0n) is 17.7. The first-order chi connectivity index (χ1) is 16.1. The fraction of sp³-hybridized carbons (Fsp3) is 0.182. The number of carbonyl (C=O) groups is 1. The number of amides is 2. The molecule has 2 radical (unpaired) electrons. The maximum atomic E-state index is 12.3. The van der Waals surface area contributed by atoms with E-state index in [0.717, 1.165) is 24.5 Å². The average molecular weight is 440 g/mol. The molecule has 0 unspecified atom stereocenters. The number of hydrogen-bond acceptors (Lipinski definition) is 7. The summed E-state index contributed by atoms with van der Waals surface area (Å²) in [7, 11) is 5.67. The number of nitrogens with one attached hydrogen (secondary N) is 3. The Kier molecular flexibility index (Phi) is 5.53. The largest absolute Gasteiger partial charge is 0.380 e. The summed E-state index contributed by atoms with van der Waals surface area (Å²) in [5.41, 5.74) is 10.0. The first-order valence-corrected chi connectivity index (χ1v) is 10.4. The SMILES string of the molecule is [B]c1ccc(NC(=O)Nc2ccc(-c3nc(N4CCOCC4)c4[nH]nc(N)c4n3)cc2)cc1. The molecule has 1 aliphatic rings. The summed E-state index contributed by atoms with van der Waals surface area (Å²) < 4.78 is 5.46. The van der Waals surface area contributed by atoms with Crippen molar-refractivity contribution in [1.82, 2.24) is 20.2 Å². The number of H-pyrrole nitrogens is 1. The highest BCUT2D eigenvalue weighted by Gasteiger charge is 2.20. The number of anilines is 4. The summed E-state index contributed by atoms with van der Waals surface area (Å²) in [6, 6.07) is 13.8. The average Bonchev–Trinajstić information content (AvgIpc) is 3.22. The Hall–Kier alpha value is -4.12. The Morgan fingerprint density at radius 2 is 1.64 bits per heavy atom. The molecule has 2 amide bonds. The minimum Gasteiger partial charge on any atom is -0.380 e. The maximum Gasteiger partial charge on any atom is 0.323 e. The van der Waals surface area contributed by atoms with Crippen molar-refractivity contribution >= 4 is 53.4 Å². The van der Waals surface area contributed by atoms with Gasteiger partial charge >= 0.3 is 6.03 Å². The summed E-state index contributed by atoms with van der Waals surface area (Å²) in [5, 5.41) is 12.6. The molecule has 10 nitrogen and oxygen atoms in total. The number of nitrogen functional groups attached to an aromatic ring is 1. The van der Waals surface area contributed by atoms with Crippen molar-refractivity contribution in [2.24, 2.45) is 0 Å². The van der Waals surface area contributed by atoms with Crippen molar-refractivity contribution in [3.05, 3.63) is 48.5 Å². The van der Waals surface area contributed by atoms with Crippen LogP contribution in [-0.4, -0.2) is 60.3 Å². The molecule has 1 saturated heterocycles. The molecule has 11 heteroatoms. The summed E-state index contributed by atoms with van der Waals surface area (Å²) >= 11 is 0. The molecule has 0 bridgehead atoms. The van der Waals surface area contributed by atoms with Crippen molar-refractivity contribution < 1.29 is 9.53 Å². The Morgan fingerprint density at radius 3 is 2.30 bits per heavy atom. The number of nitrogens with two attached hydrogens (primary N) is 1. The topological polar surface area (TPSA) is 134 Å². The van der Waals surface area contributed by atoms with Gasteiger partial charge in [-0.05, 0) is 36.4 Å². The zero-order chi connectivity index (χ0) is 22.8. The van der Waals surface area contributed by atoms with Gasteiger partial charge in [-0.2, -0.15) is 5.10 Å². The van der Waals surface area contributed by atoms with Crippen LogP contribution in [0.15, 0.2) is 48.5 Å². The summed E-state index contributed by atoms with van der Waals surface area (Å²) in [6.45, 7) is 2.69. The number of carbonyl (C=O) groups excluding carboxylic acids is 1. The van der Waals surface area contributed by atoms with E-state index in [1.165, 1.54) is 0 Å². The van der Waals surface area contributed by atoms with E-state index in [1.807, 2.05) is 12.1 Å². The van der Waals surface area contributed by atoms with Crippen molar-refractivity contribution in [3.8, 4) is 11.4 Å². The van der Waals surface area contributed by atoms with Crippen LogP contribution < -0.4 is 26.7 Å². The van der Waals surface area contributed by atoms with Crippen molar-refractivity contribution in [3.63, 3.8) is 0 Å². The monoisotopic (exact) mass is 440 g/mol. The van der Waals surface area contributed by atoms with Gasteiger partial charge in [0.1, 0.15) is 18.9 Å². The molecule has 0 saturated carbocycles. The predicted octanol–water partition coefficient (Wildman–Crippen LogP) is 1.88. The molecule has 3 heterocycles. The van der Waals surface area contributed by atoms with E-state index >= 15 is 0 Å². The number of aromatic amines is 1. The number of rotatable bonds is 4. The third-order valence-corrected chi connectivity index (χ3v) is 5.30. The second-order valence-electron chi connectivity index (χ2n) is 7.58. The van der Waals surface area contributed by atoms with Crippen LogP contribution in [0.25, 0.3) is 22.4 Å². The molecule has 2 aromatic heterocycles. The van der Waals surface area contributed by atoms with Gasteiger partial charge in [0.05, 0.1) is 13.2 Å². The van der Waals surface area contributed by atoms with E-state index in [1.54, 1.807) is 36.4 Å². The first-order valence-electron chi connectivity index (χ1n) is 10.4. The molecule has 164 valence electrons. The fourth-order valence-electron chi connectivity index (χ4n) is 3.60. The lowest BCUT2D eigenvalue weighted by Gasteiger charge is -2.28. The van der Waals surface area contributed by atoms with Crippen LogP contribution in [0, 0.1) is 0 Å². The molecule has 2 aromatic carbocycles. The van der Waals surface area contributed by atoms with Gasteiger partial charge in [-0.25, -0.2) is 14.8 Å². The minimum absolute atomic E-state index is 0.320. The van der Waals surface area contributed by atoms with Gasteiger partial charge in [0.15, 0.2) is 17.5 Å². The Balaban J connectivity index is 1.37. The number of ether oxygens (including phenoxy) is 1. The van der Waals surface area contributed by atoms with Crippen molar-refractivity contribution in [1.29, 1.82) is 0 Å². The van der Waals surface area contributed by atoms with Gasteiger partial charge in [-0.15, -0.1) is 0 Å². The molecular weight excluding hydrogens is 419 g/mol. The Labute approximate surface area is 191 Å². The van der Waals surface area contributed by atoms with E-state index < -0.39 is 0 Å². The molecule has 1 fully saturated rings. The van der Waals surface area contributed by atoms with Gasteiger partial charge in [-0.3, -0.25) is 5.10 Å². The van der Waals surface area contributed by atoms with Crippen LogP contribution in [-0.2, 0) is 4.74 Å². The van der Waals surface area contributed by atoms with Gasteiger partial charge in [0.2, 0.25) is 0 Å². The lowest BCUT2D eigenvalue weighted by Crippen LogP contribution is -2.37. The van der Waals surface area contributed by atoms with Crippen LogP contribution in [0.3, 0.4) is 0 Å². The summed E-state index contributed by atoms with van der Waals surface area (Å²) in [6.07, 6.45) is 0. The maximum absolute atomic E-state index is 12.3. The number of benzene rings is 2. The lowest BCUT2D eigenvalue weighted by molar-refractivity contribution is 0.122. The highest BCUT2D eigenvalue weighted by molar-refractivity contribution is 6.32. The molecule has 0 atom stereocenters. The second kappa shape index (κ2) is 8.79. The first kappa shape index (κ1) is 20.8. The van der Waals surface area contributed by atoms with E-state index in [-0.39, 0.29) is 6.03 Å².